The van der Waals surface area contributed by atoms with Crippen LogP contribution in [0.15, 0.2) is 17.0 Å². The summed E-state index contributed by atoms with van der Waals surface area (Å²) in [6, 6.07) is 1.46. The van der Waals surface area contributed by atoms with E-state index >= 15 is 0 Å². The van der Waals surface area contributed by atoms with Crippen molar-refractivity contribution in [1.82, 2.24) is 4.72 Å². The molecule has 0 radical (unpaired) electrons. The number of anilines is 1. The maximum Gasteiger partial charge on any atom is 0.242 e. The van der Waals surface area contributed by atoms with Crippen LogP contribution in [0.5, 0.6) is 0 Å². The van der Waals surface area contributed by atoms with Crippen LogP contribution in [0.2, 0.25) is 5.02 Å². The molecule has 0 aromatic heterocycles. The summed E-state index contributed by atoms with van der Waals surface area (Å²) in [4.78, 5) is -0.250. The van der Waals surface area contributed by atoms with Crippen molar-refractivity contribution in [1.29, 1.82) is 0 Å². The number of benzene rings is 1. The van der Waals surface area contributed by atoms with Crippen LogP contribution >= 0.6 is 11.6 Å². The molecule has 0 aliphatic carbocycles. The maximum absolute atomic E-state index is 13.2. The summed E-state index contributed by atoms with van der Waals surface area (Å²) < 4.78 is 45.2. The third-order valence-corrected chi connectivity index (χ3v) is 4.75. The van der Waals surface area contributed by atoms with Crippen molar-refractivity contribution in [3.05, 3.63) is 23.0 Å². The average molecular weight is 325 g/mol. The van der Waals surface area contributed by atoms with E-state index < -0.39 is 21.9 Å². The van der Waals surface area contributed by atoms with Gasteiger partial charge in [-0.15, -0.1) is 0 Å². The molecule has 0 bridgehead atoms. The molecule has 20 heavy (non-hydrogen) atoms. The highest BCUT2D eigenvalue weighted by atomic mass is 35.5. The van der Waals surface area contributed by atoms with Crippen LogP contribution in [0.3, 0.4) is 0 Å². The number of nitrogens with two attached hydrogens (primary N) is 1. The van der Waals surface area contributed by atoms with Crippen LogP contribution in [0.1, 0.15) is 13.8 Å². The van der Waals surface area contributed by atoms with E-state index in [-0.39, 0.29) is 28.1 Å². The number of hydrogen-bond donors (Lipinski definition) is 2. The molecule has 1 unspecified atom stereocenters. The van der Waals surface area contributed by atoms with E-state index in [4.69, 9.17) is 22.1 Å². The molecule has 1 atom stereocenters. The van der Waals surface area contributed by atoms with Crippen LogP contribution in [0.25, 0.3) is 0 Å². The highest BCUT2D eigenvalue weighted by Crippen LogP contribution is 2.26. The second kappa shape index (κ2) is 6.71. The Hall–Kier alpha value is -0.890. The van der Waals surface area contributed by atoms with Gasteiger partial charge in [-0.05, 0) is 18.1 Å². The number of nitrogens with one attached hydrogen (secondary N) is 1. The third kappa shape index (κ3) is 4.05. The molecular weight excluding hydrogens is 307 g/mol. The Labute approximate surface area is 123 Å². The molecule has 0 heterocycles. The molecule has 0 spiro atoms. The zero-order valence-electron chi connectivity index (χ0n) is 11.5. The lowest BCUT2D eigenvalue weighted by molar-refractivity contribution is 0.157. The minimum absolute atomic E-state index is 0.0151. The van der Waals surface area contributed by atoms with Crippen LogP contribution < -0.4 is 10.5 Å². The molecule has 0 aliphatic rings. The third-order valence-electron chi connectivity index (χ3n) is 2.80. The normalized spacial score (nSPS) is 13.7. The van der Waals surface area contributed by atoms with Crippen molar-refractivity contribution in [2.24, 2.45) is 5.92 Å². The average Bonchev–Trinajstić information content (AvgIpc) is 2.32. The molecule has 1 rings (SSSR count). The van der Waals surface area contributed by atoms with E-state index in [2.05, 4.69) is 4.72 Å². The zero-order valence-corrected chi connectivity index (χ0v) is 13.1. The summed E-state index contributed by atoms with van der Waals surface area (Å²) in [5.41, 5.74) is 5.11. The number of halogens is 2. The first-order valence-electron chi connectivity index (χ1n) is 5.94. The standard InChI is InChI=1S/C12H18ClFN2O3S/c1-7(2)11(6-19-3)16-20(17,18)12-5-10(15)9(14)4-8(12)13/h4-5,7,11,16H,6,15H2,1-3H3. The van der Waals surface area contributed by atoms with Gasteiger partial charge in [0.25, 0.3) is 0 Å². The number of sulfonamides is 1. The Morgan fingerprint density at radius 2 is 2.05 bits per heavy atom. The van der Waals surface area contributed by atoms with Gasteiger partial charge >= 0.3 is 0 Å². The Morgan fingerprint density at radius 3 is 2.55 bits per heavy atom. The van der Waals surface area contributed by atoms with Gasteiger partial charge in [-0.3, -0.25) is 0 Å². The Kier molecular flexibility index (Phi) is 5.76. The fraction of sp³-hybridized carbons (Fsp3) is 0.500. The van der Waals surface area contributed by atoms with Gasteiger partial charge in [-0.25, -0.2) is 17.5 Å². The van der Waals surface area contributed by atoms with E-state index in [9.17, 15) is 12.8 Å². The number of methoxy groups -OCH3 is 1. The molecule has 1 aromatic carbocycles. The molecule has 1 aromatic rings. The van der Waals surface area contributed by atoms with Crippen molar-refractivity contribution in [3.63, 3.8) is 0 Å². The van der Waals surface area contributed by atoms with Gasteiger partial charge in [0.2, 0.25) is 10.0 Å². The summed E-state index contributed by atoms with van der Waals surface area (Å²) in [6.07, 6.45) is 0. The lowest BCUT2D eigenvalue weighted by Crippen LogP contribution is -2.41. The minimum Gasteiger partial charge on any atom is -0.396 e. The smallest absolute Gasteiger partial charge is 0.242 e. The van der Waals surface area contributed by atoms with Gasteiger partial charge in [0.15, 0.2) is 0 Å². The Morgan fingerprint density at radius 1 is 1.45 bits per heavy atom. The van der Waals surface area contributed by atoms with Crippen molar-refractivity contribution >= 4 is 27.3 Å². The van der Waals surface area contributed by atoms with Crippen LogP contribution in [0, 0.1) is 11.7 Å². The van der Waals surface area contributed by atoms with Gasteiger partial charge in [-0.1, -0.05) is 25.4 Å². The minimum atomic E-state index is -3.91. The molecule has 0 fully saturated rings. The van der Waals surface area contributed by atoms with Crippen molar-refractivity contribution in [2.75, 3.05) is 19.5 Å². The summed E-state index contributed by atoms with van der Waals surface area (Å²) >= 11 is 5.78. The van der Waals surface area contributed by atoms with Gasteiger partial charge in [0.1, 0.15) is 10.7 Å². The number of hydrogen-bond acceptors (Lipinski definition) is 4. The number of ether oxygens (including phenoxy) is 1. The predicted octanol–water partition coefficient (Wildman–Crippen LogP) is 2.01. The summed E-state index contributed by atoms with van der Waals surface area (Å²) in [6.45, 7) is 3.92. The zero-order chi connectivity index (χ0) is 15.5. The highest BCUT2D eigenvalue weighted by molar-refractivity contribution is 7.89. The predicted molar refractivity (Wildman–Crippen MR) is 76.6 cm³/mol. The number of nitrogen functional groups attached to an aromatic ring is 1. The second-order valence-corrected chi connectivity index (χ2v) is 6.82. The molecule has 5 nitrogen and oxygen atoms in total. The van der Waals surface area contributed by atoms with Crippen molar-refractivity contribution < 1.29 is 17.5 Å². The highest BCUT2D eigenvalue weighted by Gasteiger charge is 2.25. The van der Waals surface area contributed by atoms with Gasteiger partial charge < -0.3 is 10.5 Å². The SMILES string of the molecule is COCC(NS(=O)(=O)c1cc(N)c(F)cc1Cl)C(C)C. The van der Waals surface area contributed by atoms with Crippen LogP contribution in [-0.2, 0) is 14.8 Å². The Balaban J connectivity index is 3.13. The lowest BCUT2D eigenvalue weighted by Gasteiger charge is -2.21. The van der Waals surface area contributed by atoms with Gasteiger partial charge in [0.05, 0.1) is 17.3 Å². The molecule has 114 valence electrons. The summed E-state index contributed by atoms with van der Waals surface area (Å²) in [7, 11) is -2.43. The first-order chi connectivity index (χ1) is 9.19. The molecule has 0 aliphatic heterocycles. The van der Waals surface area contributed by atoms with E-state index in [1.165, 1.54) is 7.11 Å². The number of rotatable bonds is 6. The molecule has 0 saturated carbocycles. The summed E-state index contributed by atoms with van der Waals surface area (Å²) in [5.74, 6) is -0.743. The Bertz CT molecular complexity index is 578. The first-order valence-corrected chi connectivity index (χ1v) is 7.81. The monoisotopic (exact) mass is 324 g/mol. The largest absolute Gasteiger partial charge is 0.396 e. The van der Waals surface area contributed by atoms with Crippen molar-refractivity contribution in [3.8, 4) is 0 Å². The molecule has 8 heteroatoms. The van der Waals surface area contributed by atoms with Gasteiger partial charge in [-0.2, -0.15) is 0 Å². The molecule has 0 saturated heterocycles. The fourth-order valence-electron chi connectivity index (χ4n) is 1.56. The van der Waals surface area contributed by atoms with Gasteiger partial charge in [0, 0.05) is 13.2 Å². The van der Waals surface area contributed by atoms with Crippen LogP contribution in [-0.4, -0.2) is 28.2 Å². The molecule has 0 amide bonds. The fourth-order valence-corrected chi connectivity index (χ4v) is 3.47. The maximum atomic E-state index is 13.2. The second-order valence-electron chi connectivity index (χ2n) is 4.73. The first kappa shape index (κ1) is 17.2. The van der Waals surface area contributed by atoms with E-state index in [0.29, 0.717) is 0 Å². The molecule has 3 N–H and O–H groups in total. The van der Waals surface area contributed by atoms with E-state index in [1.807, 2.05) is 13.8 Å². The topological polar surface area (TPSA) is 81.4 Å². The quantitative estimate of drug-likeness (QED) is 0.784. The molecular formula is C12H18ClFN2O3S. The van der Waals surface area contributed by atoms with E-state index in [0.717, 1.165) is 12.1 Å². The lowest BCUT2D eigenvalue weighted by atomic mass is 10.1. The summed E-state index contributed by atoms with van der Waals surface area (Å²) in [5, 5.41) is -0.218. The van der Waals surface area contributed by atoms with Crippen molar-refractivity contribution in [2.45, 2.75) is 24.8 Å². The van der Waals surface area contributed by atoms with Crippen LogP contribution in [0.4, 0.5) is 10.1 Å². The van der Waals surface area contributed by atoms with E-state index in [1.54, 1.807) is 0 Å².